The van der Waals surface area contributed by atoms with Crippen LogP contribution in [-0.2, 0) is 13.0 Å². The molecule has 0 bridgehead atoms. The fourth-order valence-electron chi connectivity index (χ4n) is 2.15. The SMILES string of the molecule is C=CCCOc1[c]cc(OCc2ccccc2)cc1CCC=C. The third-order valence-electron chi connectivity index (χ3n) is 3.39. The summed E-state index contributed by atoms with van der Waals surface area (Å²) in [6, 6.07) is 17.2. The molecule has 0 unspecified atom stereocenters. The van der Waals surface area contributed by atoms with E-state index in [1.54, 1.807) is 0 Å². The second kappa shape index (κ2) is 9.52. The molecule has 2 rings (SSSR count). The van der Waals surface area contributed by atoms with E-state index in [-0.39, 0.29) is 0 Å². The third kappa shape index (κ3) is 5.67. The molecule has 23 heavy (non-hydrogen) atoms. The molecule has 0 fully saturated rings. The van der Waals surface area contributed by atoms with E-state index in [9.17, 15) is 0 Å². The number of benzene rings is 2. The number of hydrogen-bond acceptors (Lipinski definition) is 2. The van der Waals surface area contributed by atoms with Crippen LogP contribution in [0.25, 0.3) is 0 Å². The number of hydrogen-bond donors (Lipinski definition) is 0. The summed E-state index contributed by atoms with van der Waals surface area (Å²) in [5.41, 5.74) is 2.24. The number of allylic oxidation sites excluding steroid dienone is 1. The Kier molecular flexibility index (Phi) is 6.99. The maximum atomic E-state index is 5.86. The molecule has 0 aromatic heterocycles. The third-order valence-corrected chi connectivity index (χ3v) is 3.39. The van der Waals surface area contributed by atoms with Crippen LogP contribution in [0.2, 0.25) is 0 Å². The lowest BCUT2D eigenvalue weighted by atomic mass is 10.1. The Balaban J connectivity index is 2.04. The number of aryl methyl sites for hydroxylation is 1. The van der Waals surface area contributed by atoms with Gasteiger partial charge in [0.15, 0.2) is 0 Å². The molecule has 1 radical (unpaired) electrons. The van der Waals surface area contributed by atoms with Gasteiger partial charge in [-0.2, -0.15) is 0 Å². The van der Waals surface area contributed by atoms with Crippen LogP contribution in [0.1, 0.15) is 24.0 Å². The van der Waals surface area contributed by atoms with Crippen molar-refractivity contribution >= 4 is 0 Å². The van der Waals surface area contributed by atoms with Crippen molar-refractivity contribution in [2.45, 2.75) is 25.9 Å². The van der Waals surface area contributed by atoms with Crippen molar-refractivity contribution in [3.05, 3.63) is 85.0 Å². The van der Waals surface area contributed by atoms with Gasteiger partial charge in [-0.3, -0.25) is 0 Å². The van der Waals surface area contributed by atoms with Crippen molar-refractivity contribution in [3.8, 4) is 11.5 Å². The van der Waals surface area contributed by atoms with Gasteiger partial charge in [0.25, 0.3) is 0 Å². The summed E-state index contributed by atoms with van der Waals surface area (Å²) < 4.78 is 11.6. The average molecular weight is 307 g/mol. The van der Waals surface area contributed by atoms with E-state index in [2.05, 4.69) is 31.4 Å². The van der Waals surface area contributed by atoms with E-state index in [1.165, 1.54) is 0 Å². The summed E-state index contributed by atoms with van der Waals surface area (Å²) in [5.74, 6) is 1.60. The van der Waals surface area contributed by atoms with Crippen LogP contribution in [0.15, 0.2) is 67.8 Å². The highest BCUT2D eigenvalue weighted by Crippen LogP contribution is 2.26. The first-order valence-electron chi connectivity index (χ1n) is 7.89. The maximum Gasteiger partial charge on any atom is 0.130 e. The molecule has 119 valence electrons. The smallest absolute Gasteiger partial charge is 0.130 e. The lowest BCUT2D eigenvalue weighted by molar-refractivity contribution is 0.301. The minimum absolute atomic E-state index is 0.548. The first-order valence-corrected chi connectivity index (χ1v) is 7.89. The van der Waals surface area contributed by atoms with Gasteiger partial charge in [0, 0.05) is 6.07 Å². The molecule has 0 heterocycles. The minimum Gasteiger partial charge on any atom is -0.492 e. The van der Waals surface area contributed by atoms with Gasteiger partial charge in [0.05, 0.1) is 6.61 Å². The van der Waals surface area contributed by atoms with Crippen LogP contribution < -0.4 is 9.47 Å². The molecule has 0 aliphatic carbocycles. The van der Waals surface area contributed by atoms with Crippen molar-refractivity contribution in [1.29, 1.82) is 0 Å². The quantitative estimate of drug-likeness (QED) is 0.447. The van der Waals surface area contributed by atoms with Crippen LogP contribution in [0, 0.1) is 6.07 Å². The van der Waals surface area contributed by atoms with E-state index in [4.69, 9.17) is 9.47 Å². The number of ether oxygens (including phenoxy) is 2. The summed E-state index contributed by atoms with van der Waals surface area (Å²) in [6.45, 7) is 8.66. The van der Waals surface area contributed by atoms with Crippen LogP contribution >= 0.6 is 0 Å². The van der Waals surface area contributed by atoms with Gasteiger partial charge in [-0.1, -0.05) is 42.5 Å². The van der Waals surface area contributed by atoms with Gasteiger partial charge in [-0.05, 0) is 42.5 Å². The highest BCUT2D eigenvalue weighted by atomic mass is 16.5. The van der Waals surface area contributed by atoms with E-state index in [0.717, 1.165) is 41.9 Å². The van der Waals surface area contributed by atoms with E-state index in [0.29, 0.717) is 13.2 Å². The Morgan fingerprint density at radius 2 is 1.78 bits per heavy atom. The van der Waals surface area contributed by atoms with E-state index in [1.807, 2.05) is 42.5 Å². The molecule has 2 aromatic carbocycles. The zero-order chi connectivity index (χ0) is 16.3. The standard InChI is InChI=1S/C21H23O2/c1-3-5-12-19-16-20(13-14-21(19)22-15-6-4-2)23-17-18-10-8-7-9-11-18/h3-4,7-11,13,16H,1-2,5-6,12,15,17H2. The molecular weight excluding hydrogens is 284 g/mol. The van der Waals surface area contributed by atoms with Crippen molar-refractivity contribution in [2.24, 2.45) is 0 Å². The molecular formula is C21H23O2. The summed E-state index contributed by atoms with van der Waals surface area (Å²) in [4.78, 5) is 0. The van der Waals surface area contributed by atoms with E-state index < -0.39 is 0 Å². The largest absolute Gasteiger partial charge is 0.492 e. The van der Waals surface area contributed by atoms with Gasteiger partial charge in [0.2, 0.25) is 0 Å². The summed E-state index contributed by atoms with van der Waals surface area (Å²) in [5, 5.41) is 0. The highest BCUT2D eigenvalue weighted by Gasteiger charge is 2.06. The van der Waals surface area contributed by atoms with Gasteiger partial charge >= 0.3 is 0 Å². The normalized spacial score (nSPS) is 10.1. The Morgan fingerprint density at radius 3 is 2.52 bits per heavy atom. The molecule has 2 heteroatoms. The van der Waals surface area contributed by atoms with Gasteiger partial charge in [-0.25, -0.2) is 0 Å². The fraction of sp³-hybridized carbons (Fsp3) is 0.238. The Labute approximate surface area is 139 Å². The molecule has 2 nitrogen and oxygen atoms in total. The lowest BCUT2D eigenvalue weighted by Crippen LogP contribution is -2.01. The Hall–Kier alpha value is -2.48. The molecule has 0 saturated carbocycles. The minimum atomic E-state index is 0.548. The summed E-state index contributed by atoms with van der Waals surface area (Å²) in [6.07, 6.45) is 6.34. The van der Waals surface area contributed by atoms with Crippen molar-refractivity contribution < 1.29 is 9.47 Å². The van der Waals surface area contributed by atoms with Crippen LogP contribution in [0.4, 0.5) is 0 Å². The van der Waals surface area contributed by atoms with Crippen LogP contribution in [-0.4, -0.2) is 6.61 Å². The maximum absolute atomic E-state index is 5.86. The lowest BCUT2D eigenvalue weighted by Gasteiger charge is -2.13. The average Bonchev–Trinajstić information content (AvgIpc) is 2.60. The zero-order valence-corrected chi connectivity index (χ0v) is 13.5. The first kappa shape index (κ1) is 16.9. The molecule has 2 aromatic rings. The monoisotopic (exact) mass is 307 g/mol. The second-order valence-electron chi connectivity index (χ2n) is 5.22. The number of rotatable bonds is 10. The van der Waals surface area contributed by atoms with Crippen molar-refractivity contribution in [3.63, 3.8) is 0 Å². The van der Waals surface area contributed by atoms with E-state index >= 15 is 0 Å². The van der Waals surface area contributed by atoms with Gasteiger partial charge < -0.3 is 9.47 Å². The van der Waals surface area contributed by atoms with Crippen LogP contribution in [0.3, 0.4) is 0 Å². The summed E-state index contributed by atoms with van der Waals surface area (Å²) in [7, 11) is 0. The summed E-state index contributed by atoms with van der Waals surface area (Å²) >= 11 is 0. The van der Waals surface area contributed by atoms with Gasteiger partial charge in [-0.15, -0.1) is 13.2 Å². The molecule has 0 aliphatic heterocycles. The Morgan fingerprint density at radius 1 is 1.00 bits per heavy atom. The second-order valence-corrected chi connectivity index (χ2v) is 5.22. The molecule has 0 saturated heterocycles. The predicted molar refractivity (Wildman–Crippen MR) is 94.9 cm³/mol. The fourth-order valence-corrected chi connectivity index (χ4v) is 2.15. The molecule has 0 amide bonds. The predicted octanol–water partition coefficient (Wildman–Crippen LogP) is 5.14. The molecule has 0 N–H and O–H groups in total. The zero-order valence-electron chi connectivity index (χ0n) is 13.5. The van der Waals surface area contributed by atoms with Gasteiger partial charge in [0.1, 0.15) is 18.1 Å². The first-order chi connectivity index (χ1) is 11.3. The van der Waals surface area contributed by atoms with Crippen molar-refractivity contribution in [2.75, 3.05) is 6.61 Å². The highest BCUT2D eigenvalue weighted by molar-refractivity contribution is 5.39. The molecule has 0 spiro atoms. The molecule has 0 atom stereocenters. The topological polar surface area (TPSA) is 18.5 Å². The molecule has 0 aliphatic rings. The Bertz CT molecular complexity index is 617. The van der Waals surface area contributed by atoms with Crippen LogP contribution in [0.5, 0.6) is 11.5 Å². The van der Waals surface area contributed by atoms with Crippen molar-refractivity contribution in [1.82, 2.24) is 0 Å².